The second-order valence-electron chi connectivity index (χ2n) is 4.23. The monoisotopic (exact) mass is 353 g/mol. The van der Waals surface area contributed by atoms with Crippen LogP contribution in [0, 0.1) is 0 Å². The molecule has 2 aromatic rings. The van der Waals surface area contributed by atoms with Crippen molar-refractivity contribution < 1.29 is 13.0 Å². The molecule has 0 aliphatic heterocycles. The molecule has 0 heterocycles. The Balaban J connectivity index is 0.000000409. The van der Waals surface area contributed by atoms with Gasteiger partial charge in [-0.05, 0) is 17.2 Å². The molecular formula is C18H18KO3S. The second kappa shape index (κ2) is 12.6. The number of allylic oxidation sites excluding steroid dienone is 2. The van der Waals surface area contributed by atoms with Crippen molar-refractivity contribution >= 4 is 73.7 Å². The molecule has 2 aromatic carbocycles. The first-order chi connectivity index (χ1) is 10.5. The van der Waals surface area contributed by atoms with Gasteiger partial charge in [-0.3, -0.25) is 4.55 Å². The molecule has 0 unspecified atom stereocenters. The summed E-state index contributed by atoms with van der Waals surface area (Å²) in [6.45, 7) is 3.59. The molecule has 0 aliphatic carbocycles. The quantitative estimate of drug-likeness (QED) is 0.512. The standard InChI is InChI=1S/C10H10.C8H8O3S.K/c1-2-3-7-10-8-5-4-6-9-10;9-12(10,11)7-6-8-4-2-1-3-5-8;/h2-9H,1H2;1-7H,(H,9,10,11);. The Morgan fingerprint density at radius 3 is 1.65 bits per heavy atom. The van der Waals surface area contributed by atoms with Crippen molar-refractivity contribution in [1.29, 1.82) is 0 Å². The van der Waals surface area contributed by atoms with E-state index in [0.29, 0.717) is 0 Å². The molecule has 3 nitrogen and oxygen atoms in total. The smallest absolute Gasteiger partial charge is 0.282 e. The third-order valence-corrected chi connectivity index (χ3v) is 2.94. The zero-order chi connectivity index (χ0) is 16.3. The number of hydrogen-bond donors (Lipinski definition) is 1. The molecule has 1 N–H and O–H groups in total. The van der Waals surface area contributed by atoms with Crippen molar-refractivity contribution in [2.45, 2.75) is 0 Å². The summed E-state index contributed by atoms with van der Waals surface area (Å²) in [6, 6.07) is 19.0. The van der Waals surface area contributed by atoms with E-state index in [1.54, 1.807) is 30.3 Å². The first-order valence-corrected chi connectivity index (χ1v) is 8.06. The van der Waals surface area contributed by atoms with Crippen LogP contribution < -0.4 is 0 Å². The van der Waals surface area contributed by atoms with E-state index in [1.807, 2.05) is 36.4 Å². The van der Waals surface area contributed by atoms with Crippen molar-refractivity contribution in [3.05, 3.63) is 95.9 Å². The molecule has 0 amide bonds. The summed E-state index contributed by atoms with van der Waals surface area (Å²) in [6.07, 6.45) is 7.05. The van der Waals surface area contributed by atoms with Gasteiger partial charge in [-0.25, -0.2) is 0 Å². The van der Waals surface area contributed by atoms with Crippen molar-refractivity contribution in [2.75, 3.05) is 0 Å². The molecule has 0 saturated heterocycles. The van der Waals surface area contributed by atoms with E-state index in [4.69, 9.17) is 4.55 Å². The molecule has 2 rings (SSSR count). The predicted molar refractivity (Wildman–Crippen MR) is 98.5 cm³/mol. The van der Waals surface area contributed by atoms with E-state index in [2.05, 4.69) is 18.7 Å². The Hall–Kier alpha value is -0.794. The summed E-state index contributed by atoms with van der Waals surface area (Å²) >= 11 is 0. The number of hydrogen-bond acceptors (Lipinski definition) is 2. The van der Waals surface area contributed by atoms with E-state index in [1.165, 1.54) is 11.6 Å². The SMILES string of the molecule is C=CC=Cc1ccccc1.O=S(=O)(O)C=Cc1ccccc1.[K]. The Labute approximate surface area is 180 Å². The normalized spacial score (nSPS) is 10.7. The van der Waals surface area contributed by atoms with E-state index in [-0.39, 0.29) is 51.4 Å². The summed E-state index contributed by atoms with van der Waals surface area (Å²) in [5, 5.41) is 0.752. The predicted octanol–water partition coefficient (Wildman–Crippen LogP) is 4.05. The fourth-order valence-corrected chi connectivity index (χ4v) is 1.80. The Morgan fingerprint density at radius 1 is 0.826 bits per heavy atom. The van der Waals surface area contributed by atoms with Crippen molar-refractivity contribution in [3.63, 3.8) is 0 Å². The van der Waals surface area contributed by atoms with Crippen LogP contribution >= 0.6 is 0 Å². The van der Waals surface area contributed by atoms with E-state index in [0.717, 1.165) is 11.0 Å². The number of benzene rings is 2. The van der Waals surface area contributed by atoms with E-state index >= 15 is 0 Å². The molecular weight excluding hydrogens is 335 g/mol. The maximum atomic E-state index is 10.3. The topological polar surface area (TPSA) is 54.4 Å². The third-order valence-electron chi connectivity index (χ3n) is 2.46. The van der Waals surface area contributed by atoms with Gasteiger partial charge < -0.3 is 0 Å². The van der Waals surface area contributed by atoms with Crippen LogP contribution in [0.25, 0.3) is 12.2 Å². The van der Waals surface area contributed by atoms with Crippen LogP contribution in [-0.4, -0.2) is 64.4 Å². The molecule has 0 bridgehead atoms. The summed E-state index contributed by atoms with van der Waals surface area (Å²) in [5.41, 5.74) is 1.94. The summed E-state index contributed by atoms with van der Waals surface area (Å²) in [5.74, 6) is 0. The average molecular weight is 354 g/mol. The van der Waals surface area contributed by atoms with Crippen LogP contribution in [0.1, 0.15) is 11.1 Å². The van der Waals surface area contributed by atoms with Gasteiger partial charge in [0.05, 0.1) is 5.41 Å². The minimum absolute atomic E-state index is 0. The van der Waals surface area contributed by atoms with Crippen LogP contribution in [0.5, 0.6) is 0 Å². The molecule has 0 atom stereocenters. The van der Waals surface area contributed by atoms with E-state index < -0.39 is 10.1 Å². The molecule has 0 saturated carbocycles. The molecule has 0 aliphatic rings. The zero-order valence-electron chi connectivity index (χ0n) is 13.0. The maximum Gasteiger partial charge on any atom is 0.287 e. The average Bonchev–Trinajstić information content (AvgIpc) is 2.53. The zero-order valence-corrected chi connectivity index (χ0v) is 17.0. The van der Waals surface area contributed by atoms with Crippen LogP contribution in [0.15, 0.2) is 84.8 Å². The van der Waals surface area contributed by atoms with Crippen LogP contribution in [-0.2, 0) is 10.1 Å². The van der Waals surface area contributed by atoms with Gasteiger partial charge in [0.15, 0.2) is 0 Å². The van der Waals surface area contributed by atoms with Crippen LogP contribution in [0.4, 0.5) is 0 Å². The molecule has 0 fully saturated rings. The molecule has 0 spiro atoms. The third kappa shape index (κ3) is 12.3. The molecule has 0 aromatic heterocycles. The van der Waals surface area contributed by atoms with Crippen molar-refractivity contribution in [2.24, 2.45) is 0 Å². The second-order valence-corrected chi connectivity index (χ2v) is 5.54. The minimum Gasteiger partial charge on any atom is -0.282 e. The maximum absolute atomic E-state index is 10.3. The van der Waals surface area contributed by atoms with Gasteiger partial charge in [-0.15, -0.1) is 0 Å². The number of rotatable bonds is 4. The molecule has 115 valence electrons. The molecule has 1 radical (unpaired) electrons. The Bertz CT molecular complexity index is 721. The molecule has 23 heavy (non-hydrogen) atoms. The van der Waals surface area contributed by atoms with Crippen LogP contribution in [0.2, 0.25) is 0 Å². The van der Waals surface area contributed by atoms with Crippen molar-refractivity contribution in [3.8, 4) is 0 Å². The first kappa shape index (κ1) is 22.2. The Morgan fingerprint density at radius 2 is 1.26 bits per heavy atom. The van der Waals surface area contributed by atoms with Crippen LogP contribution in [0.3, 0.4) is 0 Å². The first-order valence-electron chi connectivity index (χ1n) is 6.56. The van der Waals surface area contributed by atoms with Gasteiger partial charge >= 0.3 is 0 Å². The van der Waals surface area contributed by atoms with Gasteiger partial charge in [-0.1, -0.05) is 85.5 Å². The summed E-state index contributed by atoms with van der Waals surface area (Å²) in [7, 11) is -4.00. The van der Waals surface area contributed by atoms with Gasteiger partial charge in [0, 0.05) is 51.4 Å². The fourth-order valence-electron chi connectivity index (χ4n) is 1.47. The van der Waals surface area contributed by atoms with Gasteiger partial charge in [0.1, 0.15) is 0 Å². The fraction of sp³-hybridized carbons (Fsp3) is 0. The molecule has 5 heteroatoms. The van der Waals surface area contributed by atoms with E-state index in [9.17, 15) is 8.42 Å². The Kier molecular flexibility index (Phi) is 12.2. The van der Waals surface area contributed by atoms with Gasteiger partial charge in [-0.2, -0.15) is 8.42 Å². The van der Waals surface area contributed by atoms with Gasteiger partial charge in [0.2, 0.25) is 0 Å². The summed E-state index contributed by atoms with van der Waals surface area (Å²) < 4.78 is 28.9. The largest absolute Gasteiger partial charge is 0.287 e. The van der Waals surface area contributed by atoms with Crippen molar-refractivity contribution in [1.82, 2.24) is 0 Å². The minimum atomic E-state index is -4.00. The van der Waals surface area contributed by atoms with Gasteiger partial charge in [0.25, 0.3) is 10.1 Å². The summed E-state index contributed by atoms with van der Waals surface area (Å²) in [4.78, 5) is 0.